The summed E-state index contributed by atoms with van der Waals surface area (Å²) in [6, 6.07) is 20.8. The lowest BCUT2D eigenvalue weighted by Crippen LogP contribution is -2.09. The highest BCUT2D eigenvalue weighted by molar-refractivity contribution is 6.31. The monoisotopic (exact) mass is 410 g/mol. The first-order chi connectivity index (χ1) is 14.1. The fraction of sp³-hybridized carbons (Fsp3) is 0.0870. The summed E-state index contributed by atoms with van der Waals surface area (Å²) in [6.45, 7) is -0.188. The highest BCUT2D eigenvalue weighted by Gasteiger charge is 2.23. The maximum Gasteiger partial charge on any atom is 0.375 e. The molecule has 4 rings (SSSR count). The third-order valence-electron chi connectivity index (χ3n) is 4.42. The molecule has 0 N–H and O–H groups in total. The number of hydrogen-bond donors (Lipinski definition) is 0. The van der Waals surface area contributed by atoms with Crippen molar-refractivity contribution < 1.29 is 23.1 Å². The van der Waals surface area contributed by atoms with Gasteiger partial charge in [0.2, 0.25) is 5.76 Å². The van der Waals surface area contributed by atoms with Crippen LogP contribution in [-0.2, 0) is 18.0 Å². The fourth-order valence-corrected chi connectivity index (χ4v) is 3.17. The minimum atomic E-state index is -0.716. The fourth-order valence-electron chi connectivity index (χ4n) is 2.95. The number of hydrogen-bond acceptors (Lipinski definition) is 4. The first kappa shape index (κ1) is 19.0. The van der Waals surface area contributed by atoms with Crippen molar-refractivity contribution in [2.45, 2.75) is 13.2 Å². The van der Waals surface area contributed by atoms with E-state index in [1.54, 1.807) is 6.07 Å². The summed E-state index contributed by atoms with van der Waals surface area (Å²) < 4.78 is 30.7. The number of carbonyl (C=O) groups excluding carboxylic acids is 1. The number of halogens is 2. The molecule has 0 aliphatic heterocycles. The predicted molar refractivity (Wildman–Crippen MR) is 108 cm³/mol. The van der Waals surface area contributed by atoms with Gasteiger partial charge in [0.05, 0.1) is 10.6 Å². The first-order valence-electron chi connectivity index (χ1n) is 8.92. The summed E-state index contributed by atoms with van der Waals surface area (Å²) in [5.41, 5.74) is 1.21. The molecule has 0 aliphatic rings. The van der Waals surface area contributed by atoms with Crippen LogP contribution in [0.15, 0.2) is 77.2 Å². The van der Waals surface area contributed by atoms with Crippen molar-refractivity contribution in [3.63, 3.8) is 0 Å². The van der Waals surface area contributed by atoms with Gasteiger partial charge in [0.25, 0.3) is 0 Å². The van der Waals surface area contributed by atoms with E-state index in [1.807, 2.05) is 48.5 Å². The van der Waals surface area contributed by atoms with Crippen molar-refractivity contribution >= 4 is 28.5 Å². The Morgan fingerprint density at radius 2 is 1.66 bits per heavy atom. The molecule has 6 heteroatoms. The normalized spacial score (nSPS) is 10.8. The van der Waals surface area contributed by atoms with Crippen molar-refractivity contribution in [1.29, 1.82) is 0 Å². The Bertz CT molecular complexity index is 1130. The molecule has 0 fully saturated rings. The van der Waals surface area contributed by atoms with Crippen molar-refractivity contribution in [3.05, 3.63) is 101 Å². The van der Waals surface area contributed by atoms with Crippen molar-refractivity contribution in [3.8, 4) is 5.75 Å². The Morgan fingerprint density at radius 3 is 2.45 bits per heavy atom. The van der Waals surface area contributed by atoms with Crippen LogP contribution in [-0.4, -0.2) is 5.97 Å². The Balaban J connectivity index is 1.59. The smallest absolute Gasteiger partial charge is 0.375 e. The minimum absolute atomic E-state index is 0.0228. The Labute approximate surface area is 171 Å². The summed E-state index contributed by atoms with van der Waals surface area (Å²) in [5, 5.41) is 0.939. The van der Waals surface area contributed by atoms with Crippen LogP contribution in [0.2, 0.25) is 5.02 Å². The van der Waals surface area contributed by atoms with E-state index in [-0.39, 0.29) is 29.6 Å². The van der Waals surface area contributed by atoms with Gasteiger partial charge in [-0.1, -0.05) is 54.1 Å². The number of furan rings is 1. The van der Waals surface area contributed by atoms with Gasteiger partial charge in [-0.15, -0.1) is 0 Å². The second-order valence-corrected chi connectivity index (χ2v) is 6.69. The Kier molecular flexibility index (Phi) is 5.49. The van der Waals surface area contributed by atoms with Gasteiger partial charge < -0.3 is 13.9 Å². The summed E-state index contributed by atoms with van der Waals surface area (Å²) >= 11 is 6.00. The summed E-state index contributed by atoms with van der Waals surface area (Å²) in [5.74, 6) is -0.570. The highest BCUT2D eigenvalue weighted by Crippen LogP contribution is 2.28. The van der Waals surface area contributed by atoms with E-state index in [0.29, 0.717) is 16.9 Å². The maximum atomic E-state index is 13.9. The summed E-state index contributed by atoms with van der Waals surface area (Å²) in [6.07, 6.45) is 0. The van der Waals surface area contributed by atoms with Crippen molar-refractivity contribution in [2.75, 3.05) is 0 Å². The predicted octanol–water partition coefficient (Wildman–Crippen LogP) is 6.16. The van der Waals surface area contributed by atoms with Crippen LogP contribution in [0.25, 0.3) is 11.0 Å². The quantitative estimate of drug-likeness (QED) is 0.357. The molecule has 0 saturated heterocycles. The van der Waals surface area contributed by atoms with Gasteiger partial charge in [0.1, 0.15) is 30.4 Å². The number of para-hydroxylation sites is 2. The van der Waals surface area contributed by atoms with Gasteiger partial charge in [-0.2, -0.15) is 0 Å². The third kappa shape index (κ3) is 4.10. The molecule has 0 unspecified atom stereocenters. The molecule has 146 valence electrons. The molecular weight excluding hydrogens is 395 g/mol. The number of benzene rings is 3. The molecule has 29 heavy (non-hydrogen) atoms. The van der Waals surface area contributed by atoms with Gasteiger partial charge in [0.15, 0.2) is 0 Å². The van der Waals surface area contributed by atoms with Crippen LogP contribution in [0.4, 0.5) is 4.39 Å². The zero-order chi connectivity index (χ0) is 20.2. The third-order valence-corrected chi connectivity index (χ3v) is 4.77. The molecule has 0 atom stereocenters. The van der Waals surface area contributed by atoms with Gasteiger partial charge in [0, 0.05) is 10.9 Å². The second-order valence-electron chi connectivity index (χ2n) is 6.28. The molecule has 0 amide bonds. The largest absolute Gasteiger partial charge is 0.489 e. The molecule has 0 saturated carbocycles. The topological polar surface area (TPSA) is 48.7 Å². The molecule has 0 bridgehead atoms. The van der Waals surface area contributed by atoms with E-state index in [4.69, 9.17) is 25.5 Å². The van der Waals surface area contributed by atoms with Crippen LogP contribution in [0, 0.1) is 5.82 Å². The van der Waals surface area contributed by atoms with Crippen LogP contribution >= 0.6 is 11.6 Å². The SMILES string of the molecule is O=C(OCc1c(F)cccc1Cl)c1oc2ccccc2c1COc1ccccc1. The van der Waals surface area contributed by atoms with E-state index in [2.05, 4.69) is 0 Å². The molecule has 4 aromatic rings. The zero-order valence-corrected chi connectivity index (χ0v) is 16.0. The number of carbonyl (C=O) groups is 1. The molecular formula is C23H16ClFO4. The van der Waals surface area contributed by atoms with E-state index >= 15 is 0 Å². The summed E-state index contributed by atoms with van der Waals surface area (Å²) in [4.78, 5) is 12.7. The van der Waals surface area contributed by atoms with Crippen LogP contribution < -0.4 is 4.74 Å². The molecule has 4 nitrogen and oxygen atoms in total. The molecule has 0 aliphatic carbocycles. The average molecular weight is 411 g/mol. The maximum absolute atomic E-state index is 13.9. The van der Waals surface area contributed by atoms with Gasteiger partial charge in [-0.25, -0.2) is 9.18 Å². The number of ether oxygens (including phenoxy) is 2. The molecule has 1 aromatic heterocycles. The summed E-state index contributed by atoms with van der Waals surface area (Å²) in [7, 11) is 0. The standard InChI is InChI=1S/C23H16ClFO4/c24-19-10-6-11-20(25)18(19)14-28-23(26)22-17(13-27-15-7-2-1-3-8-15)16-9-4-5-12-21(16)29-22/h1-12H,13-14H2. The lowest BCUT2D eigenvalue weighted by molar-refractivity contribution is 0.0431. The first-order valence-corrected chi connectivity index (χ1v) is 9.29. The van der Waals surface area contributed by atoms with Gasteiger partial charge in [-0.05, 0) is 30.3 Å². The molecule has 0 radical (unpaired) electrons. The molecule has 0 spiro atoms. The van der Waals surface area contributed by atoms with Crippen LogP contribution in [0.1, 0.15) is 21.7 Å². The van der Waals surface area contributed by atoms with Crippen molar-refractivity contribution in [2.24, 2.45) is 0 Å². The Hall–Kier alpha value is -3.31. The van der Waals surface area contributed by atoms with E-state index < -0.39 is 11.8 Å². The zero-order valence-electron chi connectivity index (χ0n) is 15.2. The number of fused-ring (bicyclic) bond motifs is 1. The number of rotatable bonds is 6. The second kappa shape index (κ2) is 8.37. The Morgan fingerprint density at radius 1 is 0.897 bits per heavy atom. The number of esters is 1. The van der Waals surface area contributed by atoms with Crippen LogP contribution in [0.5, 0.6) is 5.75 Å². The molecule has 3 aromatic carbocycles. The van der Waals surface area contributed by atoms with Gasteiger partial charge >= 0.3 is 5.97 Å². The minimum Gasteiger partial charge on any atom is -0.489 e. The van der Waals surface area contributed by atoms with Gasteiger partial charge in [-0.3, -0.25) is 0 Å². The lowest BCUT2D eigenvalue weighted by atomic mass is 10.1. The van der Waals surface area contributed by atoms with E-state index in [9.17, 15) is 9.18 Å². The van der Waals surface area contributed by atoms with E-state index in [1.165, 1.54) is 18.2 Å². The van der Waals surface area contributed by atoms with E-state index in [0.717, 1.165) is 5.39 Å². The van der Waals surface area contributed by atoms with Crippen LogP contribution in [0.3, 0.4) is 0 Å². The van der Waals surface area contributed by atoms with Crippen molar-refractivity contribution in [1.82, 2.24) is 0 Å². The highest BCUT2D eigenvalue weighted by atomic mass is 35.5. The average Bonchev–Trinajstić information content (AvgIpc) is 3.11. The lowest BCUT2D eigenvalue weighted by Gasteiger charge is -2.09. The molecule has 1 heterocycles.